The molecule has 0 aromatic carbocycles. The molecule has 84 valence electrons. The molecular formula is C12H20N2O. The molecule has 0 spiro atoms. The van der Waals surface area contributed by atoms with Crippen molar-refractivity contribution in [2.75, 3.05) is 20.1 Å². The van der Waals surface area contributed by atoms with E-state index in [0.717, 1.165) is 32.4 Å². The standard InChI is InChI=1S/C12H20N2O/c1-3-4-7-12(15)14(2)11-6-5-9-13-10-8-11/h1,11,13H,4-10H2,2H3. The van der Waals surface area contributed by atoms with Crippen molar-refractivity contribution < 1.29 is 4.79 Å². The maximum atomic E-state index is 11.7. The second kappa shape index (κ2) is 6.47. The number of hydrogen-bond acceptors (Lipinski definition) is 2. The van der Waals surface area contributed by atoms with Crippen molar-refractivity contribution in [3.05, 3.63) is 0 Å². The third kappa shape index (κ3) is 3.93. The minimum absolute atomic E-state index is 0.180. The summed E-state index contributed by atoms with van der Waals surface area (Å²) in [4.78, 5) is 13.6. The number of carbonyl (C=O) groups excluding carboxylic acids is 1. The third-order valence-electron chi connectivity index (χ3n) is 2.97. The molecule has 3 nitrogen and oxygen atoms in total. The van der Waals surface area contributed by atoms with Gasteiger partial charge < -0.3 is 10.2 Å². The van der Waals surface area contributed by atoms with Gasteiger partial charge in [0.25, 0.3) is 0 Å². The second-order valence-corrected chi connectivity index (χ2v) is 4.04. The van der Waals surface area contributed by atoms with Crippen molar-refractivity contribution in [2.24, 2.45) is 0 Å². The molecule has 0 aromatic rings. The summed E-state index contributed by atoms with van der Waals surface area (Å²) in [5, 5.41) is 3.34. The molecule has 0 aliphatic carbocycles. The van der Waals surface area contributed by atoms with E-state index in [2.05, 4.69) is 11.2 Å². The van der Waals surface area contributed by atoms with Crippen LogP contribution in [0, 0.1) is 12.3 Å². The van der Waals surface area contributed by atoms with Crippen LogP contribution in [0.25, 0.3) is 0 Å². The highest BCUT2D eigenvalue weighted by atomic mass is 16.2. The van der Waals surface area contributed by atoms with Crippen molar-refractivity contribution in [1.82, 2.24) is 10.2 Å². The molecule has 1 N–H and O–H groups in total. The van der Waals surface area contributed by atoms with Gasteiger partial charge in [-0.3, -0.25) is 4.79 Å². The Labute approximate surface area is 92.2 Å². The number of carbonyl (C=O) groups is 1. The van der Waals surface area contributed by atoms with Gasteiger partial charge in [0.15, 0.2) is 0 Å². The Hall–Kier alpha value is -1.01. The summed E-state index contributed by atoms with van der Waals surface area (Å²) in [6, 6.07) is 0.394. The molecule has 0 bridgehead atoms. The molecule has 1 unspecified atom stereocenters. The zero-order chi connectivity index (χ0) is 11.1. The Kier molecular flexibility index (Phi) is 5.20. The Morgan fingerprint density at radius 2 is 2.33 bits per heavy atom. The first-order valence-electron chi connectivity index (χ1n) is 5.65. The van der Waals surface area contributed by atoms with Crippen LogP contribution in [0.15, 0.2) is 0 Å². The second-order valence-electron chi connectivity index (χ2n) is 4.04. The summed E-state index contributed by atoms with van der Waals surface area (Å²) >= 11 is 0. The Balaban J connectivity index is 2.39. The van der Waals surface area contributed by atoms with Gasteiger partial charge in [-0.2, -0.15) is 0 Å². The third-order valence-corrected chi connectivity index (χ3v) is 2.97. The van der Waals surface area contributed by atoms with E-state index in [-0.39, 0.29) is 5.91 Å². The van der Waals surface area contributed by atoms with Crippen LogP contribution in [-0.4, -0.2) is 37.0 Å². The van der Waals surface area contributed by atoms with Crippen LogP contribution < -0.4 is 5.32 Å². The highest BCUT2D eigenvalue weighted by Crippen LogP contribution is 2.13. The average Bonchev–Trinajstić information content (AvgIpc) is 2.53. The lowest BCUT2D eigenvalue weighted by atomic mass is 10.1. The summed E-state index contributed by atoms with van der Waals surface area (Å²) in [6.07, 6.45) is 9.49. The summed E-state index contributed by atoms with van der Waals surface area (Å²) in [6.45, 7) is 2.08. The normalized spacial score (nSPS) is 21.5. The molecular weight excluding hydrogens is 188 g/mol. The van der Waals surface area contributed by atoms with Crippen LogP contribution in [0.5, 0.6) is 0 Å². The Morgan fingerprint density at radius 3 is 3.07 bits per heavy atom. The van der Waals surface area contributed by atoms with Crippen LogP contribution in [0.1, 0.15) is 32.1 Å². The number of amides is 1. The van der Waals surface area contributed by atoms with E-state index in [4.69, 9.17) is 6.42 Å². The molecule has 1 heterocycles. The van der Waals surface area contributed by atoms with Crippen molar-refractivity contribution >= 4 is 5.91 Å². The molecule has 0 aromatic heterocycles. The van der Waals surface area contributed by atoms with Gasteiger partial charge in [-0.15, -0.1) is 12.3 Å². The van der Waals surface area contributed by atoms with Gasteiger partial charge in [-0.05, 0) is 32.4 Å². The lowest BCUT2D eigenvalue weighted by Crippen LogP contribution is -2.37. The topological polar surface area (TPSA) is 32.3 Å². The largest absolute Gasteiger partial charge is 0.343 e. The van der Waals surface area contributed by atoms with E-state index in [1.165, 1.54) is 0 Å². The van der Waals surface area contributed by atoms with Gasteiger partial charge in [0.2, 0.25) is 5.91 Å². The van der Waals surface area contributed by atoms with Gasteiger partial charge in [0, 0.05) is 25.9 Å². The van der Waals surface area contributed by atoms with Crippen LogP contribution >= 0.6 is 0 Å². The van der Waals surface area contributed by atoms with E-state index >= 15 is 0 Å². The van der Waals surface area contributed by atoms with Gasteiger partial charge in [-0.1, -0.05) is 0 Å². The zero-order valence-corrected chi connectivity index (χ0v) is 9.46. The number of rotatable bonds is 3. The van der Waals surface area contributed by atoms with Gasteiger partial charge >= 0.3 is 0 Å². The number of nitrogens with zero attached hydrogens (tertiary/aromatic N) is 1. The average molecular weight is 208 g/mol. The van der Waals surface area contributed by atoms with Crippen LogP contribution in [0.2, 0.25) is 0 Å². The van der Waals surface area contributed by atoms with E-state index in [9.17, 15) is 4.79 Å². The summed E-state index contributed by atoms with van der Waals surface area (Å²) < 4.78 is 0. The minimum Gasteiger partial charge on any atom is -0.343 e. The SMILES string of the molecule is C#CCCC(=O)N(C)C1CCCNCC1. The number of hydrogen-bond donors (Lipinski definition) is 1. The molecule has 1 fully saturated rings. The van der Waals surface area contributed by atoms with Crippen molar-refractivity contribution in [3.8, 4) is 12.3 Å². The fraction of sp³-hybridized carbons (Fsp3) is 0.750. The first-order chi connectivity index (χ1) is 7.25. The lowest BCUT2D eigenvalue weighted by molar-refractivity contribution is -0.132. The van der Waals surface area contributed by atoms with Crippen molar-refractivity contribution in [1.29, 1.82) is 0 Å². The maximum Gasteiger partial charge on any atom is 0.223 e. The molecule has 1 atom stereocenters. The first kappa shape index (κ1) is 12.1. The molecule has 1 aliphatic heterocycles. The first-order valence-corrected chi connectivity index (χ1v) is 5.65. The van der Waals surface area contributed by atoms with E-state index in [0.29, 0.717) is 18.9 Å². The predicted octanol–water partition coefficient (Wildman–Crippen LogP) is 1.00. The lowest BCUT2D eigenvalue weighted by Gasteiger charge is -2.26. The van der Waals surface area contributed by atoms with E-state index in [1.807, 2.05) is 11.9 Å². The highest BCUT2D eigenvalue weighted by Gasteiger charge is 2.20. The van der Waals surface area contributed by atoms with Gasteiger partial charge in [0.05, 0.1) is 0 Å². The van der Waals surface area contributed by atoms with Gasteiger partial charge in [-0.25, -0.2) is 0 Å². The predicted molar refractivity (Wildman–Crippen MR) is 61.3 cm³/mol. The van der Waals surface area contributed by atoms with Crippen LogP contribution in [0.4, 0.5) is 0 Å². The molecule has 0 saturated carbocycles. The fourth-order valence-electron chi connectivity index (χ4n) is 1.95. The van der Waals surface area contributed by atoms with Gasteiger partial charge in [0.1, 0.15) is 0 Å². The molecule has 0 radical (unpaired) electrons. The van der Waals surface area contributed by atoms with Crippen molar-refractivity contribution in [3.63, 3.8) is 0 Å². The molecule has 1 aliphatic rings. The highest BCUT2D eigenvalue weighted by molar-refractivity contribution is 5.76. The summed E-state index contributed by atoms with van der Waals surface area (Å²) in [7, 11) is 1.90. The monoisotopic (exact) mass is 208 g/mol. The summed E-state index contributed by atoms with van der Waals surface area (Å²) in [5.41, 5.74) is 0. The number of terminal acetylenes is 1. The Morgan fingerprint density at radius 1 is 1.53 bits per heavy atom. The smallest absolute Gasteiger partial charge is 0.223 e. The number of nitrogens with one attached hydrogen (secondary N) is 1. The maximum absolute atomic E-state index is 11.7. The zero-order valence-electron chi connectivity index (χ0n) is 9.46. The Bertz CT molecular complexity index is 236. The van der Waals surface area contributed by atoms with Crippen LogP contribution in [-0.2, 0) is 4.79 Å². The van der Waals surface area contributed by atoms with E-state index in [1.54, 1.807) is 0 Å². The summed E-state index contributed by atoms with van der Waals surface area (Å²) in [5.74, 6) is 2.69. The molecule has 1 saturated heterocycles. The van der Waals surface area contributed by atoms with Crippen molar-refractivity contribution in [2.45, 2.75) is 38.1 Å². The minimum atomic E-state index is 0.180. The fourth-order valence-corrected chi connectivity index (χ4v) is 1.95. The van der Waals surface area contributed by atoms with Crippen LogP contribution in [0.3, 0.4) is 0 Å². The molecule has 15 heavy (non-hydrogen) atoms. The molecule has 1 amide bonds. The molecule has 3 heteroatoms. The quantitative estimate of drug-likeness (QED) is 0.702. The van der Waals surface area contributed by atoms with E-state index < -0.39 is 0 Å². The molecule has 1 rings (SSSR count).